The summed E-state index contributed by atoms with van der Waals surface area (Å²) in [6, 6.07) is 9.62. The number of amides is 1. The molecule has 0 aliphatic rings. The van der Waals surface area contributed by atoms with Crippen molar-refractivity contribution in [2.24, 2.45) is 5.16 Å². The molecule has 0 unspecified atom stereocenters. The fraction of sp³-hybridized carbons (Fsp3) is 0.176. The fourth-order valence-corrected chi connectivity index (χ4v) is 1.80. The van der Waals surface area contributed by atoms with E-state index >= 15 is 0 Å². The van der Waals surface area contributed by atoms with Gasteiger partial charge in [-0.05, 0) is 48.9 Å². The van der Waals surface area contributed by atoms with E-state index in [0.29, 0.717) is 5.56 Å². The lowest BCUT2D eigenvalue weighted by molar-refractivity contribution is -0.137. The van der Waals surface area contributed by atoms with Crippen molar-refractivity contribution in [3.05, 3.63) is 65.5 Å². The maximum absolute atomic E-state index is 13.0. The molecule has 0 aromatic heterocycles. The summed E-state index contributed by atoms with van der Waals surface area (Å²) in [6.07, 6.45) is -4.19. The lowest BCUT2D eigenvalue weighted by Crippen LogP contribution is -2.26. The first-order valence-electron chi connectivity index (χ1n) is 7.18. The zero-order chi connectivity index (χ0) is 18.4. The van der Waals surface area contributed by atoms with E-state index in [-0.39, 0.29) is 5.69 Å². The summed E-state index contributed by atoms with van der Waals surface area (Å²) in [5, 5.41) is 6.00. The quantitative estimate of drug-likeness (QED) is 0.496. The Morgan fingerprint density at radius 1 is 1.20 bits per heavy atom. The first kappa shape index (κ1) is 18.4. The zero-order valence-corrected chi connectivity index (χ0v) is 13.0. The van der Waals surface area contributed by atoms with Gasteiger partial charge in [-0.1, -0.05) is 17.3 Å². The largest absolute Gasteiger partial charge is 0.416 e. The highest BCUT2D eigenvalue weighted by Crippen LogP contribution is 2.29. The third kappa shape index (κ3) is 5.59. The summed E-state index contributed by atoms with van der Waals surface area (Å²) >= 11 is 0. The van der Waals surface area contributed by atoms with E-state index in [1.165, 1.54) is 31.3 Å². The Morgan fingerprint density at radius 3 is 2.48 bits per heavy atom. The molecule has 1 N–H and O–H groups in total. The highest BCUT2D eigenvalue weighted by molar-refractivity contribution is 5.94. The van der Waals surface area contributed by atoms with Gasteiger partial charge in [0.25, 0.3) is 5.91 Å². The van der Waals surface area contributed by atoms with Gasteiger partial charge in [-0.3, -0.25) is 4.79 Å². The Hall–Kier alpha value is -2.90. The molecule has 0 saturated heterocycles. The molecule has 2 aromatic carbocycles. The van der Waals surface area contributed by atoms with Crippen molar-refractivity contribution >= 4 is 17.8 Å². The van der Waals surface area contributed by atoms with Gasteiger partial charge in [-0.2, -0.15) is 13.2 Å². The molecule has 0 heterocycles. The normalized spacial score (nSPS) is 12.8. The van der Waals surface area contributed by atoms with Gasteiger partial charge in [0.15, 0.2) is 0 Å². The number of anilines is 1. The average Bonchev–Trinajstić information content (AvgIpc) is 2.54. The van der Waals surface area contributed by atoms with Gasteiger partial charge in [0, 0.05) is 5.69 Å². The van der Waals surface area contributed by atoms with E-state index in [9.17, 15) is 22.4 Å². The van der Waals surface area contributed by atoms with Crippen molar-refractivity contribution in [3.63, 3.8) is 0 Å². The van der Waals surface area contributed by atoms with Crippen LogP contribution in [0.15, 0.2) is 53.7 Å². The Kier molecular flexibility index (Phi) is 5.74. The number of carbonyl (C=O) groups is 1. The Labute approximate surface area is 141 Å². The number of hydrogen-bond donors (Lipinski definition) is 1. The Bertz CT molecular complexity index is 758. The minimum atomic E-state index is -4.44. The number of benzene rings is 2. The topological polar surface area (TPSA) is 50.7 Å². The predicted molar refractivity (Wildman–Crippen MR) is 84.6 cm³/mol. The molecule has 0 aliphatic carbocycles. The summed E-state index contributed by atoms with van der Waals surface area (Å²) in [5.74, 6) is -1.02. The summed E-state index contributed by atoms with van der Waals surface area (Å²) in [6.45, 7) is 1.42. The molecule has 0 aliphatic heterocycles. The van der Waals surface area contributed by atoms with Crippen molar-refractivity contribution < 1.29 is 27.2 Å². The molecule has 0 saturated carbocycles. The molecule has 4 nitrogen and oxygen atoms in total. The zero-order valence-electron chi connectivity index (χ0n) is 13.0. The predicted octanol–water partition coefficient (Wildman–Crippen LogP) is 4.22. The van der Waals surface area contributed by atoms with Crippen molar-refractivity contribution in [2.75, 3.05) is 5.32 Å². The number of nitrogens with one attached hydrogen (secondary N) is 1. The van der Waals surface area contributed by atoms with E-state index in [0.717, 1.165) is 24.3 Å². The first-order valence-corrected chi connectivity index (χ1v) is 7.18. The molecule has 8 heteroatoms. The molecule has 1 amide bonds. The van der Waals surface area contributed by atoms with Crippen LogP contribution in [-0.4, -0.2) is 18.2 Å². The highest BCUT2D eigenvalue weighted by Gasteiger charge is 2.30. The molecule has 0 fully saturated rings. The van der Waals surface area contributed by atoms with Crippen LogP contribution in [0.1, 0.15) is 18.1 Å². The van der Waals surface area contributed by atoms with Gasteiger partial charge in [0.05, 0.1) is 11.8 Å². The number of halogens is 4. The minimum absolute atomic E-state index is 0.197. The standard InChI is InChI=1S/C17H14F4N2O2/c1-11(25-22-10-12-3-2-4-14(18)9-12)16(24)23-15-7-5-13(6-8-15)17(19,20)21/h2-11H,1H3,(H,23,24)/b22-10-/t11-/m0/s1. The minimum Gasteiger partial charge on any atom is -0.383 e. The molecular formula is C17H14F4N2O2. The molecule has 2 rings (SSSR count). The van der Waals surface area contributed by atoms with Gasteiger partial charge >= 0.3 is 6.18 Å². The van der Waals surface area contributed by atoms with Crippen LogP contribution in [0.25, 0.3) is 0 Å². The van der Waals surface area contributed by atoms with E-state index in [1.807, 2.05) is 0 Å². The Balaban J connectivity index is 1.89. The third-order valence-electron chi connectivity index (χ3n) is 3.12. The van der Waals surface area contributed by atoms with Crippen molar-refractivity contribution in [1.82, 2.24) is 0 Å². The van der Waals surface area contributed by atoms with Gasteiger partial charge in [0.2, 0.25) is 6.10 Å². The molecule has 0 radical (unpaired) electrons. The van der Waals surface area contributed by atoms with Crippen LogP contribution in [0, 0.1) is 5.82 Å². The number of oxime groups is 1. The van der Waals surface area contributed by atoms with E-state index in [1.54, 1.807) is 6.07 Å². The van der Waals surface area contributed by atoms with E-state index < -0.39 is 29.6 Å². The summed E-state index contributed by atoms with van der Waals surface area (Å²) in [7, 11) is 0. The number of hydrogen-bond acceptors (Lipinski definition) is 3. The van der Waals surface area contributed by atoms with Crippen LogP contribution < -0.4 is 5.32 Å². The molecular weight excluding hydrogens is 340 g/mol. The molecule has 0 bridgehead atoms. The lowest BCUT2D eigenvalue weighted by Gasteiger charge is -2.11. The van der Waals surface area contributed by atoms with Crippen LogP contribution in [0.4, 0.5) is 23.2 Å². The first-order chi connectivity index (χ1) is 11.8. The monoisotopic (exact) mass is 354 g/mol. The van der Waals surface area contributed by atoms with Gasteiger partial charge in [-0.15, -0.1) is 0 Å². The highest BCUT2D eigenvalue weighted by atomic mass is 19.4. The van der Waals surface area contributed by atoms with Crippen molar-refractivity contribution in [3.8, 4) is 0 Å². The van der Waals surface area contributed by atoms with Crippen LogP contribution >= 0.6 is 0 Å². The Morgan fingerprint density at radius 2 is 1.88 bits per heavy atom. The molecule has 25 heavy (non-hydrogen) atoms. The second kappa shape index (κ2) is 7.78. The van der Waals surface area contributed by atoms with Crippen LogP contribution in [0.5, 0.6) is 0 Å². The van der Waals surface area contributed by atoms with Gasteiger partial charge < -0.3 is 10.2 Å². The van der Waals surface area contributed by atoms with E-state index in [2.05, 4.69) is 10.5 Å². The maximum Gasteiger partial charge on any atom is 0.416 e. The lowest BCUT2D eigenvalue weighted by atomic mass is 10.2. The fourth-order valence-electron chi connectivity index (χ4n) is 1.80. The van der Waals surface area contributed by atoms with Crippen LogP contribution in [0.2, 0.25) is 0 Å². The van der Waals surface area contributed by atoms with Crippen LogP contribution in [0.3, 0.4) is 0 Å². The maximum atomic E-state index is 13.0. The third-order valence-corrected chi connectivity index (χ3v) is 3.12. The number of nitrogens with zero attached hydrogens (tertiary/aromatic N) is 1. The average molecular weight is 354 g/mol. The van der Waals surface area contributed by atoms with E-state index in [4.69, 9.17) is 4.84 Å². The molecule has 0 spiro atoms. The second-order valence-electron chi connectivity index (χ2n) is 5.10. The smallest absolute Gasteiger partial charge is 0.383 e. The SMILES string of the molecule is C[C@H](O/N=C\c1cccc(F)c1)C(=O)Nc1ccc(C(F)(F)F)cc1. The number of carbonyl (C=O) groups excluding carboxylic acids is 1. The summed E-state index contributed by atoms with van der Waals surface area (Å²) in [4.78, 5) is 16.9. The summed E-state index contributed by atoms with van der Waals surface area (Å²) in [5.41, 5.74) is -0.160. The summed E-state index contributed by atoms with van der Waals surface area (Å²) < 4.78 is 50.4. The molecule has 1 atom stereocenters. The molecule has 2 aromatic rings. The van der Waals surface area contributed by atoms with Crippen LogP contribution in [-0.2, 0) is 15.8 Å². The number of rotatable bonds is 5. The van der Waals surface area contributed by atoms with Gasteiger partial charge in [0.1, 0.15) is 5.82 Å². The van der Waals surface area contributed by atoms with Crippen molar-refractivity contribution in [2.45, 2.75) is 19.2 Å². The second-order valence-corrected chi connectivity index (χ2v) is 5.10. The number of alkyl halides is 3. The van der Waals surface area contributed by atoms with Crippen molar-refractivity contribution in [1.29, 1.82) is 0 Å². The molecule has 132 valence electrons. The van der Waals surface area contributed by atoms with Gasteiger partial charge in [-0.25, -0.2) is 4.39 Å².